The summed E-state index contributed by atoms with van der Waals surface area (Å²) in [5.74, 6) is -1.50. The molecule has 110 valence electrons. The Morgan fingerprint density at radius 3 is 2.43 bits per heavy atom. The van der Waals surface area contributed by atoms with Crippen LogP contribution in [0.25, 0.3) is 0 Å². The number of alkyl halides is 1. The van der Waals surface area contributed by atoms with Crippen LogP contribution in [-0.2, 0) is 12.5 Å². The summed E-state index contributed by atoms with van der Waals surface area (Å²) in [5, 5.41) is 11.0. The van der Waals surface area contributed by atoms with Crippen molar-refractivity contribution in [2.45, 2.75) is 12.5 Å². The fraction of sp³-hybridized carbons (Fsp3) is 0.143. The van der Waals surface area contributed by atoms with Gasteiger partial charge in [0.25, 0.3) is 0 Å². The summed E-state index contributed by atoms with van der Waals surface area (Å²) in [5.41, 5.74) is -0.0362. The molecule has 0 N–H and O–H groups in total. The Balaban J connectivity index is 2.26. The maximum atomic E-state index is 13.5. The molecule has 0 aliphatic heterocycles. The zero-order valence-corrected chi connectivity index (χ0v) is 11.4. The molecule has 0 amide bonds. The maximum absolute atomic E-state index is 13.5. The molecule has 0 fully saturated rings. The fourth-order valence-electron chi connectivity index (χ4n) is 1.73. The van der Waals surface area contributed by atoms with E-state index in [0.717, 1.165) is 12.1 Å². The van der Waals surface area contributed by atoms with Gasteiger partial charge >= 0.3 is 5.69 Å². The van der Waals surface area contributed by atoms with Gasteiger partial charge in [0.2, 0.25) is 0 Å². The molecule has 4 nitrogen and oxygen atoms in total. The summed E-state index contributed by atoms with van der Waals surface area (Å²) in [6, 6.07) is 7.58. The quantitative estimate of drug-likeness (QED) is 0.472. The predicted octanol–water partition coefficient (Wildman–Crippen LogP) is 4.19. The van der Waals surface area contributed by atoms with E-state index in [1.807, 2.05) is 0 Å². The van der Waals surface area contributed by atoms with Gasteiger partial charge in [0, 0.05) is 11.9 Å². The summed E-state index contributed by atoms with van der Waals surface area (Å²) in [7, 11) is 0. The van der Waals surface area contributed by atoms with Crippen molar-refractivity contribution >= 4 is 17.3 Å². The minimum Gasteiger partial charge on any atom is -0.482 e. The van der Waals surface area contributed by atoms with E-state index < -0.39 is 23.2 Å². The molecule has 21 heavy (non-hydrogen) atoms. The van der Waals surface area contributed by atoms with Crippen molar-refractivity contribution in [2.75, 3.05) is 0 Å². The highest BCUT2D eigenvalue weighted by Crippen LogP contribution is 2.29. The third-order valence-electron chi connectivity index (χ3n) is 2.81. The summed E-state index contributed by atoms with van der Waals surface area (Å²) in [6.45, 7) is -0.445. The standard InChI is InChI=1S/C14H10ClF2NO3/c15-7-9-4-5-14(13(6-9)18(19)20)21-8-10-11(16)2-1-3-12(10)17/h1-6H,7-8H2. The molecule has 0 aliphatic rings. The van der Waals surface area contributed by atoms with Crippen LogP contribution >= 0.6 is 11.6 Å². The molecule has 0 saturated heterocycles. The van der Waals surface area contributed by atoms with Crippen LogP contribution < -0.4 is 4.74 Å². The molecular formula is C14H10ClF2NO3. The highest BCUT2D eigenvalue weighted by Gasteiger charge is 2.17. The first-order chi connectivity index (χ1) is 10.0. The molecule has 0 aromatic heterocycles. The number of nitrogens with zero attached hydrogens (tertiary/aromatic N) is 1. The van der Waals surface area contributed by atoms with Crippen molar-refractivity contribution in [3.05, 3.63) is 69.3 Å². The van der Waals surface area contributed by atoms with E-state index in [9.17, 15) is 18.9 Å². The molecule has 2 aromatic carbocycles. The second-order valence-corrected chi connectivity index (χ2v) is 4.45. The highest BCUT2D eigenvalue weighted by molar-refractivity contribution is 6.17. The topological polar surface area (TPSA) is 52.4 Å². The Morgan fingerprint density at radius 1 is 1.19 bits per heavy atom. The number of benzene rings is 2. The monoisotopic (exact) mass is 313 g/mol. The minimum atomic E-state index is -0.768. The number of rotatable bonds is 5. The summed E-state index contributed by atoms with van der Waals surface area (Å²) >= 11 is 5.61. The van der Waals surface area contributed by atoms with Crippen molar-refractivity contribution in [3.8, 4) is 5.75 Å². The first kappa shape index (κ1) is 15.2. The first-order valence-corrected chi connectivity index (χ1v) is 6.45. The lowest BCUT2D eigenvalue weighted by Gasteiger charge is -2.09. The van der Waals surface area contributed by atoms with Crippen molar-refractivity contribution in [2.24, 2.45) is 0 Å². The zero-order chi connectivity index (χ0) is 15.4. The van der Waals surface area contributed by atoms with Gasteiger partial charge in [-0.3, -0.25) is 10.1 Å². The number of nitro benzene ring substituents is 1. The molecule has 0 bridgehead atoms. The number of nitro groups is 1. The zero-order valence-electron chi connectivity index (χ0n) is 10.7. The van der Waals surface area contributed by atoms with Gasteiger partial charge in [-0.05, 0) is 23.8 Å². The number of hydrogen-bond acceptors (Lipinski definition) is 3. The summed E-state index contributed by atoms with van der Waals surface area (Å²) in [6.07, 6.45) is 0. The van der Waals surface area contributed by atoms with Crippen molar-refractivity contribution in [1.29, 1.82) is 0 Å². The van der Waals surface area contributed by atoms with Gasteiger partial charge in [0.05, 0.1) is 10.5 Å². The van der Waals surface area contributed by atoms with Gasteiger partial charge in [0.1, 0.15) is 18.2 Å². The fourth-order valence-corrected chi connectivity index (χ4v) is 1.90. The second-order valence-electron chi connectivity index (χ2n) is 4.18. The van der Waals surface area contributed by atoms with E-state index in [4.69, 9.17) is 16.3 Å². The van der Waals surface area contributed by atoms with Gasteiger partial charge in [-0.25, -0.2) is 8.78 Å². The molecule has 2 rings (SSSR count). The van der Waals surface area contributed by atoms with Gasteiger partial charge in [-0.2, -0.15) is 0 Å². The van der Waals surface area contributed by atoms with Crippen molar-refractivity contribution < 1.29 is 18.4 Å². The van der Waals surface area contributed by atoms with Crippen LogP contribution in [0.1, 0.15) is 11.1 Å². The third-order valence-corrected chi connectivity index (χ3v) is 3.12. The first-order valence-electron chi connectivity index (χ1n) is 5.92. The van der Waals surface area contributed by atoms with Crippen molar-refractivity contribution in [3.63, 3.8) is 0 Å². The molecule has 7 heteroatoms. The highest BCUT2D eigenvalue weighted by atomic mass is 35.5. The molecule has 0 spiro atoms. The number of hydrogen-bond donors (Lipinski definition) is 0. The van der Waals surface area contributed by atoms with Crippen LogP contribution in [0.15, 0.2) is 36.4 Å². The van der Waals surface area contributed by atoms with Gasteiger partial charge < -0.3 is 4.74 Å². The minimum absolute atomic E-state index is 0.0727. The molecule has 2 aromatic rings. The second kappa shape index (κ2) is 6.49. The number of halogens is 3. The largest absolute Gasteiger partial charge is 0.482 e. The molecular weight excluding hydrogens is 304 g/mol. The Morgan fingerprint density at radius 2 is 1.86 bits per heavy atom. The Hall–Kier alpha value is -2.21. The molecule has 0 atom stereocenters. The van der Waals surface area contributed by atoms with Gasteiger partial charge in [-0.15, -0.1) is 11.6 Å². The van der Waals surface area contributed by atoms with E-state index in [2.05, 4.69) is 0 Å². The molecule has 0 saturated carbocycles. The SMILES string of the molecule is O=[N+]([O-])c1cc(CCl)ccc1OCc1c(F)cccc1F. The molecule has 0 aliphatic carbocycles. The van der Waals surface area contributed by atoms with E-state index in [1.54, 1.807) is 6.07 Å². The summed E-state index contributed by atoms with van der Waals surface area (Å²) < 4.78 is 32.1. The van der Waals surface area contributed by atoms with Gasteiger partial charge in [-0.1, -0.05) is 12.1 Å². The van der Waals surface area contributed by atoms with Crippen LogP contribution in [0, 0.1) is 21.7 Å². The average molecular weight is 314 g/mol. The van der Waals surface area contributed by atoms with Crippen LogP contribution in [0.2, 0.25) is 0 Å². The normalized spacial score (nSPS) is 10.4. The Labute approximate surface area is 124 Å². The lowest BCUT2D eigenvalue weighted by molar-refractivity contribution is -0.386. The van der Waals surface area contributed by atoms with E-state index >= 15 is 0 Å². The van der Waals surface area contributed by atoms with Crippen LogP contribution in [0.4, 0.5) is 14.5 Å². The average Bonchev–Trinajstić information content (AvgIpc) is 2.46. The summed E-state index contributed by atoms with van der Waals surface area (Å²) in [4.78, 5) is 10.3. The predicted molar refractivity (Wildman–Crippen MR) is 73.3 cm³/mol. The van der Waals surface area contributed by atoms with E-state index in [1.165, 1.54) is 18.2 Å². The Bertz CT molecular complexity index is 659. The molecule has 0 unspecified atom stereocenters. The van der Waals surface area contributed by atoms with Crippen molar-refractivity contribution in [1.82, 2.24) is 0 Å². The van der Waals surface area contributed by atoms with Crippen LogP contribution in [0.5, 0.6) is 5.75 Å². The Kier molecular flexibility index (Phi) is 4.70. The molecule has 0 heterocycles. The van der Waals surface area contributed by atoms with Gasteiger partial charge in [0.15, 0.2) is 5.75 Å². The van der Waals surface area contributed by atoms with Crippen LogP contribution in [-0.4, -0.2) is 4.92 Å². The lowest BCUT2D eigenvalue weighted by Crippen LogP contribution is -2.03. The third kappa shape index (κ3) is 3.46. The maximum Gasteiger partial charge on any atom is 0.311 e. The molecule has 0 radical (unpaired) electrons. The van der Waals surface area contributed by atoms with E-state index in [0.29, 0.717) is 5.56 Å². The number of ether oxygens (including phenoxy) is 1. The van der Waals surface area contributed by atoms with Crippen LogP contribution in [0.3, 0.4) is 0 Å². The van der Waals surface area contributed by atoms with E-state index in [-0.39, 0.29) is 22.9 Å². The lowest BCUT2D eigenvalue weighted by atomic mass is 10.2. The smallest absolute Gasteiger partial charge is 0.311 e.